The van der Waals surface area contributed by atoms with Gasteiger partial charge in [0.2, 0.25) is 0 Å². The molecule has 3 nitrogen and oxygen atoms in total. The summed E-state index contributed by atoms with van der Waals surface area (Å²) in [6.07, 6.45) is 3.01. The van der Waals surface area contributed by atoms with E-state index < -0.39 is 0 Å². The van der Waals surface area contributed by atoms with E-state index in [2.05, 4.69) is 27.3 Å². The number of benzene rings is 1. The topological polar surface area (TPSA) is 52.9 Å². The van der Waals surface area contributed by atoms with Crippen LogP contribution < -0.4 is 5.32 Å². The fourth-order valence-electron chi connectivity index (χ4n) is 2.42. The molecule has 0 radical (unpaired) electrons. The van der Waals surface area contributed by atoms with Crippen LogP contribution in [0, 0.1) is 11.3 Å². The van der Waals surface area contributed by atoms with Crippen molar-refractivity contribution >= 4 is 49.8 Å². The first-order chi connectivity index (χ1) is 10.1. The minimum Gasteiger partial charge on any atom is -0.312 e. The highest BCUT2D eigenvalue weighted by atomic mass is 79.9. The molecule has 0 aliphatic heterocycles. The van der Waals surface area contributed by atoms with Crippen LogP contribution in [0.2, 0.25) is 5.02 Å². The number of halogens is 2. The number of aryl methyl sites for hydroxylation is 1. The number of amides is 1. The van der Waals surface area contributed by atoms with E-state index in [0.29, 0.717) is 21.2 Å². The number of thiophene rings is 1. The van der Waals surface area contributed by atoms with Crippen LogP contribution >= 0.6 is 38.9 Å². The van der Waals surface area contributed by atoms with E-state index in [-0.39, 0.29) is 5.91 Å². The Morgan fingerprint density at radius 3 is 2.95 bits per heavy atom. The number of carbonyl (C=O) groups is 1. The van der Waals surface area contributed by atoms with E-state index in [4.69, 9.17) is 11.6 Å². The lowest BCUT2D eigenvalue weighted by Crippen LogP contribution is -2.11. The molecule has 0 spiro atoms. The summed E-state index contributed by atoms with van der Waals surface area (Å²) in [4.78, 5) is 13.5. The molecule has 1 amide bonds. The van der Waals surface area contributed by atoms with Crippen molar-refractivity contribution in [2.24, 2.45) is 0 Å². The Bertz CT molecular complexity index is 779. The molecule has 1 N–H and O–H groups in total. The van der Waals surface area contributed by atoms with Crippen LogP contribution in [0.15, 0.2) is 22.7 Å². The SMILES string of the molecule is N#Cc1c(NC(=O)c2ccc(Br)c(Cl)c2)sc2c1CCC2. The Hall–Kier alpha value is -1.35. The van der Waals surface area contributed by atoms with Gasteiger partial charge in [0, 0.05) is 14.9 Å². The largest absolute Gasteiger partial charge is 0.312 e. The second-order valence-corrected chi connectivity index (χ2v) is 7.12. The molecule has 1 heterocycles. The van der Waals surface area contributed by atoms with E-state index in [1.165, 1.54) is 16.2 Å². The highest BCUT2D eigenvalue weighted by Gasteiger charge is 2.23. The predicted octanol–water partition coefficient (Wildman–Crippen LogP) is 4.78. The van der Waals surface area contributed by atoms with Crippen LogP contribution in [0.1, 0.15) is 32.8 Å². The van der Waals surface area contributed by atoms with E-state index in [1.54, 1.807) is 18.2 Å². The first-order valence-electron chi connectivity index (χ1n) is 6.41. The monoisotopic (exact) mass is 380 g/mol. The van der Waals surface area contributed by atoms with Gasteiger partial charge in [0.05, 0.1) is 10.6 Å². The molecule has 0 unspecified atom stereocenters. The summed E-state index contributed by atoms with van der Waals surface area (Å²) in [6, 6.07) is 7.25. The highest BCUT2D eigenvalue weighted by molar-refractivity contribution is 9.10. The average molecular weight is 382 g/mol. The van der Waals surface area contributed by atoms with Crippen LogP contribution in [0.3, 0.4) is 0 Å². The fourth-order valence-corrected chi connectivity index (χ4v) is 4.09. The Labute approximate surface area is 139 Å². The lowest BCUT2D eigenvalue weighted by Gasteiger charge is -2.05. The Morgan fingerprint density at radius 2 is 2.24 bits per heavy atom. The van der Waals surface area contributed by atoms with Gasteiger partial charge in [-0.1, -0.05) is 11.6 Å². The molecular weight excluding hydrogens is 372 g/mol. The molecule has 106 valence electrons. The van der Waals surface area contributed by atoms with Gasteiger partial charge in [-0.3, -0.25) is 4.79 Å². The molecule has 0 fully saturated rings. The number of carbonyl (C=O) groups excluding carboxylic acids is 1. The zero-order chi connectivity index (χ0) is 15.0. The van der Waals surface area contributed by atoms with E-state index in [1.807, 2.05) is 0 Å². The van der Waals surface area contributed by atoms with E-state index in [9.17, 15) is 10.1 Å². The minimum absolute atomic E-state index is 0.249. The molecule has 0 saturated heterocycles. The van der Waals surface area contributed by atoms with Crippen LogP contribution in [-0.4, -0.2) is 5.91 Å². The number of nitrogens with zero attached hydrogens (tertiary/aromatic N) is 1. The highest BCUT2D eigenvalue weighted by Crippen LogP contribution is 2.38. The molecule has 0 saturated carbocycles. The molecule has 1 aliphatic rings. The van der Waals surface area contributed by atoms with Crippen LogP contribution in [0.25, 0.3) is 0 Å². The zero-order valence-corrected chi connectivity index (χ0v) is 14.0. The van der Waals surface area contributed by atoms with Crippen LogP contribution in [-0.2, 0) is 12.8 Å². The average Bonchev–Trinajstić information content (AvgIpc) is 3.02. The zero-order valence-electron chi connectivity index (χ0n) is 10.9. The first-order valence-corrected chi connectivity index (χ1v) is 8.40. The smallest absolute Gasteiger partial charge is 0.256 e. The second-order valence-electron chi connectivity index (χ2n) is 4.76. The fraction of sp³-hybridized carbons (Fsp3) is 0.200. The Morgan fingerprint density at radius 1 is 1.43 bits per heavy atom. The third-order valence-corrected chi connectivity index (χ3v) is 5.88. The maximum atomic E-state index is 12.3. The van der Waals surface area contributed by atoms with E-state index >= 15 is 0 Å². The molecular formula is C15H10BrClN2OS. The van der Waals surface area contributed by atoms with Crippen molar-refractivity contribution in [2.75, 3.05) is 5.32 Å². The van der Waals surface area contributed by atoms with Crippen molar-refractivity contribution in [3.8, 4) is 6.07 Å². The first kappa shape index (κ1) is 14.6. The maximum Gasteiger partial charge on any atom is 0.256 e. The Balaban J connectivity index is 1.88. The molecule has 0 atom stereocenters. The van der Waals surface area contributed by atoms with Crippen molar-refractivity contribution in [2.45, 2.75) is 19.3 Å². The predicted molar refractivity (Wildman–Crippen MR) is 88.2 cm³/mol. The molecule has 1 aromatic heterocycles. The quantitative estimate of drug-likeness (QED) is 0.814. The number of nitrogens with one attached hydrogen (secondary N) is 1. The molecule has 6 heteroatoms. The van der Waals surface area contributed by atoms with Gasteiger partial charge < -0.3 is 5.32 Å². The third kappa shape index (κ3) is 2.71. The van der Waals surface area contributed by atoms with Crippen molar-refractivity contribution in [3.05, 3.63) is 49.3 Å². The standard InChI is InChI=1S/C15H10BrClN2OS/c16-11-5-4-8(6-12(11)17)14(20)19-15-10(7-18)9-2-1-3-13(9)21-15/h4-6H,1-3H2,(H,19,20). The molecule has 21 heavy (non-hydrogen) atoms. The van der Waals surface area contributed by atoms with Gasteiger partial charge in [0.1, 0.15) is 11.1 Å². The summed E-state index contributed by atoms with van der Waals surface area (Å²) in [5.74, 6) is -0.249. The molecule has 0 bridgehead atoms. The number of rotatable bonds is 2. The van der Waals surface area contributed by atoms with Crippen molar-refractivity contribution in [1.82, 2.24) is 0 Å². The number of hydrogen-bond donors (Lipinski definition) is 1. The summed E-state index contributed by atoms with van der Waals surface area (Å²) in [5, 5.41) is 13.3. The van der Waals surface area contributed by atoms with Gasteiger partial charge in [0.25, 0.3) is 5.91 Å². The summed E-state index contributed by atoms with van der Waals surface area (Å²) >= 11 is 10.8. The van der Waals surface area contributed by atoms with Gasteiger partial charge >= 0.3 is 0 Å². The van der Waals surface area contributed by atoms with Crippen molar-refractivity contribution in [1.29, 1.82) is 5.26 Å². The van der Waals surface area contributed by atoms with Crippen molar-refractivity contribution in [3.63, 3.8) is 0 Å². The number of nitriles is 1. The van der Waals surface area contributed by atoms with Crippen LogP contribution in [0.4, 0.5) is 5.00 Å². The van der Waals surface area contributed by atoms with Crippen LogP contribution in [0.5, 0.6) is 0 Å². The molecule has 3 rings (SSSR count). The number of hydrogen-bond acceptors (Lipinski definition) is 3. The van der Waals surface area contributed by atoms with E-state index in [0.717, 1.165) is 29.3 Å². The third-order valence-electron chi connectivity index (χ3n) is 3.44. The number of fused-ring (bicyclic) bond motifs is 1. The molecule has 1 aliphatic carbocycles. The summed E-state index contributed by atoms with van der Waals surface area (Å²) in [7, 11) is 0. The van der Waals surface area contributed by atoms with Gasteiger partial charge in [-0.15, -0.1) is 11.3 Å². The lowest BCUT2D eigenvalue weighted by molar-refractivity contribution is 0.102. The van der Waals surface area contributed by atoms with Crippen molar-refractivity contribution < 1.29 is 4.79 Å². The summed E-state index contributed by atoms with van der Waals surface area (Å²) < 4.78 is 0.744. The molecule has 1 aromatic carbocycles. The Kier molecular flexibility index (Phi) is 4.03. The minimum atomic E-state index is -0.249. The second kappa shape index (κ2) is 5.80. The maximum absolute atomic E-state index is 12.3. The summed E-state index contributed by atoms with van der Waals surface area (Å²) in [5.41, 5.74) is 2.19. The normalized spacial score (nSPS) is 12.8. The van der Waals surface area contributed by atoms with Gasteiger partial charge in [-0.2, -0.15) is 5.26 Å². The summed E-state index contributed by atoms with van der Waals surface area (Å²) in [6.45, 7) is 0. The lowest BCUT2D eigenvalue weighted by atomic mass is 10.1. The molecule has 2 aromatic rings. The van der Waals surface area contributed by atoms with Gasteiger partial charge in [-0.25, -0.2) is 0 Å². The van der Waals surface area contributed by atoms with Gasteiger partial charge in [0.15, 0.2) is 0 Å². The number of anilines is 1. The van der Waals surface area contributed by atoms with Gasteiger partial charge in [-0.05, 0) is 59.0 Å².